The predicted octanol–water partition coefficient (Wildman–Crippen LogP) is 3.04. The molecule has 0 amide bonds. The number of hydrogen-bond donors (Lipinski definition) is 1. The van der Waals surface area contributed by atoms with Crippen molar-refractivity contribution >= 4 is 17.0 Å². The third-order valence-corrected chi connectivity index (χ3v) is 5.95. The number of imidazole rings is 1. The molecule has 0 radical (unpaired) electrons. The lowest BCUT2D eigenvalue weighted by molar-refractivity contribution is 0.299. The summed E-state index contributed by atoms with van der Waals surface area (Å²) in [5, 5.41) is 3.58. The van der Waals surface area contributed by atoms with Crippen LogP contribution in [-0.4, -0.2) is 47.1 Å². The lowest BCUT2D eigenvalue weighted by atomic mass is 9.82. The average molecular weight is 339 g/mol. The minimum Gasteiger partial charge on any atom is -0.354 e. The quantitative estimate of drug-likeness (QED) is 0.690. The van der Waals surface area contributed by atoms with E-state index in [0.29, 0.717) is 0 Å². The third-order valence-electron chi connectivity index (χ3n) is 5.95. The van der Waals surface area contributed by atoms with Crippen LogP contribution in [-0.2, 0) is 6.54 Å². The smallest absolute Gasteiger partial charge is 0.193 e. The molecule has 1 aromatic heterocycles. The van der Waals surface area contributed by atoms with Gasteiger partial charge < -0.3 is 14.8 Å². The molecule has 2 aliphatic rings. The van der Waals surface area contributed by atoms with Crippen LogP contribution in [0.3, 0.4) is 0 Å². The van der Waals surface area contributed by atoms with Crippen LogP contribution < -0.4 is 5.32 Å². The van der Waals surface area contributed by atoms with Crippen molar-refractivity contribution in [2.75, 3.05) is 26.7 Å². The van der Waals surface area contributed by atoms with E-state index >= 15 is 0 Å². The summed E-state index contributed by atoms with van der Waals surface area (Å²) >= 11 is 0. The number of hydrogen-bond acceptors (Lipinski definition) is 2. The SMILES string of the molecule is CN=C(NCCn1c(C)nc2ccccc21)N1CC2CCCCC2C1. The van der Waals surface area contributed by atoms with Crippen LogP contribution in [0.15, 0.2) is 29.3 Å². The van der Waals surface area contributed by atoms with Crippen LogP contribution in [0.25, 0.3) is 11.0 Å². The number of likely N-dealkylation sites (tertiary alicyclic amines) is 1. The molecule has 1 aliphatic heterocycles. The summed E-state index contributed by atoms with van der Waals surface area (Å²) in [7, 11) is 1.90. The van der Waals surface area contributed by atoms with Gasteiger partial charge >= 0.3 is 0 Å². The van der Waals surface area contributed by atoms with Crippen molar-refractivity contribution in [3.05, 3.63) is 30.1 Å². The van der Waals surface area contributed by atoms with Crippen LogP contribution in [0, 0.1) is 18.8 Å². The maximum atomic E-state index is 4.65. The van der Waals surface area contributed by atoms with Crippen molar-refractivity contribution < 1.29 is 0 Å². The Morgan fingerprint density at radius 3 is 2.64 bits per heavy atom. The molecule has 25 heavy (non-hydrogen) atoms. The van der Waals surface area contributed by atoms with Crippen LogP contribution in [0.5, 0.6) is 0 Å². The standard InChI is InChI=1S/C20H29N5/c1-15-23-18-9-5-6-10-19(18)25(15)12-11-22-20(21-2)24-13-16-7-3-4-8-17(16)14-24/h5-6,9-10,16-17H,3-4,7-8,11-14H2,1-2H3,(H,21,22). The molecular weight excluding hydrogens is 310 g/mol. The second-order valence-electron chi connectivity index (χ2n) is 7.48. The van der Waals surface area contributed by atoms with Gasteiger partial charge in [0.1, 0.15) is 5.82 Å². The molecule has 1 saturated heterocycles. The Hall–Kier alpha value is -2.04. The van der Waals surface area contributed by atoms with E-state index in [2.05, 4.69) is 49.9 Å². The number of aliphatic imine (C=N–C) groups is 1. The number of rotatable bonds is 3. The molecule has 134 valence electrons. The van der Waals surface area contributed by atoms with Crippen molar-refractivity contribution in [2.45, 2.75) is 39.2 Å². The zero-order valence-corrected chi connectivity index (χ0v) is 15.4. The number of para-hydroxylation sites is 2. The first-order chi connectivity index (χ1) is 12.3. The number of aromatic nitrogens is 2. The van der Waals surface area contributed by atoms with Crippen LogP contribution in [0.2, 0.25) is 0 Å². The molecule has 5 nitrogen and oxygen atoms in total. The number of nitrogens with one attached hydrogen (secondary N) is 1. The molecule has 2 unspecified atom stereocenters. The normalized spacial score (nSPS) is 23.9. The predicted molar refractivity (Wildman–Crippen MR) is 103 cm³/mol. The molecular formula is C20H29N5. The molecule has 2 fully saturated rings. The van der Waals surface area contributed by atoms with Crippen LogP contribution in [0.1, 0.15) is 31.5 Å². The average Bonchev–Trinajstić information content (AvgIpc) is 3.19. The Morgan fingerprint density at radius 1 is 1.20 bits per heavy atom. The Bertz CT molecular complexity index is 749. The monoisotopic (exact) mass is 339 g/mol. The van der Waals surface area contributed by atoms with Crippen molar-refractivity contribution in [3.8, 4) is 0 Å². The van der Waals surface area contributed by atoms with Crippen molar-refractivity contribution in [2.24, 2.45) is 16.8 Å². The molecule has 4 rings (SSSR count). The number of aryl methyl sites for hydroxylation is 1. The molecule has 1 aliphatic carbocycles. The highest BCUT2D eigenvalue weighted by Gasteiger charge is 2.35. The molecule has 2 atom stereocenters. The minimum atomic E-state index is 0.875. The highest BCUT2D eigenvalue weighted by atomic mass is 15.3. The largest absolute Gasteiger partial charge is 0.354 e. The van der Waals surface area contributed by atoms with E-state index in [1.165, 1.54) is 44.3 Å². The summed E-state index contributed by atoms with van der Waals surface area (Å²) in [6.45, 7) is 6.22. The molecule has 1 aromatic carbocycles. The zero-order chi connectivity index (χ0) is 17.2. The Kier molecular flexibility index (Phi) is 4.64. The van der Waals surface area contributed by atoms with Crippen molar-refractivity contribution in [1.82, 2.24) is 19.8 Å². The summed E-state index contributed by atoms with van der Waals surface area (Å²) in [5.41, 5.74) is 2.29. The third kappa shape index (κ3) is 3.24. The first-order valence-corrected chi connectivity index (χ1v) is 9.63. The van der Waals surface area contributed by atoms with Crippen molar-refractivity contribution in [3.63, 3.8) is 0 Å². The molecule has 2 heterocycles. The fourth-order valence-corrected chi connectivity index (χ4v) is 4.67. The fourth-order valence-electron chi connectivity index (χ4n) is 4.67. The van der Waals surface area contributed by atoms with Gasteiger partial charge in [0.25, 0.3) is 0 Å². The van der Waals surface area contributed by atoms with E-state index in [1.54, 1.807) is 0 Å². The maximum Gasteiger partial charge on any atom is 0.193 e. The summed E-state index contributed by atoms with van der Waals surface area (Å²) < 4.78 is 2.29. The first-order valence-electron chi connectivity index (χ1n) is 9.63. The minimum absolute atomic E-state index is 0.875. The van der Waals surface area contributed by atoms with E-state index in [0.717, 1.165) is 42.2 Å². The first kappa shape index (κ1) is 16.4. The topological polar surface area (TPSA) is 45.5 Å². The van der Waals surface area contributed by atoms with E-state index in [1.807, 2.05) is 13.1 Å². The number of fused-ring (bicyclic) bond motifs is 2. The molecule has 2 aromatic rings. The van der Waals surface area contributed by atoms with Gasteiger partial charge in [-0.05, 0) is 43.7 Å². The highest BCUT2D eigenvalue weighted by Crippen LogP contribution is 2.35. The number of benzene rings is 1. The van der Waals surface area contributed by atoms with Gasteiger partial charge in [-0.2, -0.15) is 0 Å². The molecule has 5 heteroatoms. The van der Waals surface area contributed by atoms with Gasteiger partial charge in [0, 0.05) is 33.2 Å². The molecule has 0 spiro atoms. The van der Waals surface area contributed by atoms with Gasteiger partial charge in [0.15, 0.2) is 5.96 Å². The van der Waals surface area contributed by atoms with E-state index in [4.69, 9.17) is 0 Å². The number of guanidine groups is 1. The summed E-state index contributed by atoms with van der Waals surface area (Å²) in [4.78, 5) is 11.7. The van der Waals surface area contributed by atoms with Gasteiger partial charge in [-0.3, -0.25) is 4.99 Å². The highest BCUT2D eigenvalue weighted by molar-refractivity contribution is 5.80. The number of nitrogens with zero attached hydrogens (tertiary/aromatic N) is 4. The van der Waals surface area contributed by atoms with Gasteiger partial charge in [-0.25, -0.2) is 4.98 Å². The van der Waals surface area contributed by atoms with Crippen molar-refractivity contribution in [1.29, 1.82) is 0 Å². The van der Waals surface area contributed by atoms with Gasteiger partial charge in [0.2, 0.25) is 0 Å². The molecule has 1 N–H and O–H groups in total. The van der Waals surface area contributed by atoms with Crippen LogP contribution >= 0.6 is 0 Å². The van der Waals surface area contributed by atoms with E-state index in [9.17, 15) is 0 Å². The maximum absolute atomic E-state index is 4.65. The molecule has 0 bridgehead atoms. The second-order valence-corrected chi connectivity index (χ2v) is 7.48. The van der Waals surface area contributed by atoms with E-state index in [-0.39, 0.29) is 0 Å². The summed E-state index contributed by atoms with van der Waals surface area (Å²) in [6, 6.07) is 8.36. The summed E-state index contributed by atoms with van der Waals surface area (Å²) in [5.74, 6) is 3.90. The summed E-state index contributed by atoms with van der Waals surface area (Å²) in [6.07, 6.45) is 5.62. The molecule has 1 saturated carbocycles. The van der Waals surface area contributed by atoms with E-state index < -0.39 is 0 Å². The van der Waals surface area contributed by atoms with Gasteiger partial charge in [-0.15, -0.1) is 0 Å². The Morgan fingerprint density at radius 2 is 1.92 bits per heavy atom. The zero-order valence-electron chi connectivity index (χ0n) is 15.4. The lowest BCUT2D eigenvalue weighted by Gasteiger charge is -2.22. The Balaban J connectivity index is 1.38. The lowest BCUT2D eigenvalue weighted by Crippen LogP contribution is -2.41. The second kappa shape index (κ2) is 7.06. The Labute approximate surface area is 150 Å². The van der Waals surface area contributed by atoms with Gasteiger partial charge in [0.05, 0.1) is 11.0 Å². The van der Waals surface area contributed by atoms with Gasteiger partial charge in [-0.1, -0.05) is 25.0 Å². The fraction of sp³-hybridized carbons (Fsp3) is 0.600. The van der Waals surface area contributed by atoms with Crippen LogP contribution in [0.4, 0.5) is 0 Å².